The van der Waals surface area contributed by atoms with Crippen molar-refractivity contribution in [3.8, 4) is 0 Å². The van der Waals surface area contributed by atoms with Gasteiger partial charge in [-0.1, -0.05) is 0 Å². The monoisotopic (exact) mass is 361 g/mol. The van der Waals surface area contributed by atoms with Crippen LogP contribution in [0, 0.1) is 0 Å². The van der Waals surface area contributed by atoms with Gasteiger partial charge in [0.25, 0.3) is 0 Å². The fraction of sp³-hybridized carbons (Fsp3) is 0.667. The van der Waals surface area contributed by atoms with E-state index in [-0.39, 0.29) is 0 Å². The molecule has 0 radical (unpaired) electrons. The van der Waals surface area contributed by atoms with E-state index in [2.05, 4.69) is 52.0 Å². The summed E-state index contributed by atoms with van der Waals surface area (Å²) < 4.78 is 0.477. The van der Waals surface area contributed by atoms with Crippen molar-refractivity contribution in [3.63, 3.8) is 0 Å². The van der Waals surface area contributed by atoms with Crippen molar-refractivity contribution in [3.05, 3.63) is 24.3 Å². The normalized spacial score (nSPS) is 20.9. The summed E-state index contributed by atoms with van der Waals surface area (Å²) >= 11 is -1.55. The third-order valence-corrected chi connectivity index (χ3v) is 18.1. The summed E-state index contributed by atoms with van der Waals surface area (Å²) in [5.41, 5.74) is 0. The van der Waals surface area contributed by atoms with Gasteiger partial charge in [-0.05, 0) is 0 Å². The van der Waals surface area contributed by atoms with Gasteiger partial charge in [0.15, 0.2) is 0 Å². The molecule has 0 bridgehead atoms. The minimum atomic E-state index is -1.55. The van der Waals surface area contributed by atoms with Crippen LogP contribution in [0.25, 0.3) is 0 Å². The number of hydrogen-bond acceptors (Lipinski definition) is 0. The predicted molar refractivity (Wildman–Crippen MR) is 58.1 cm³/mol. The zero-order valence-electron chi connectivity index (χ0n) is 9.25. The van der Waals surface area contributed by atoms with E-state index in [1.807, 2.05) is 0 Å². The fourth-order valence-electron chi connectivity index (χ4n) is 1.95. The molecule has 0 atom stereocenters. The Kier molecular flexibility index (Phi) is 3.57. The molecule has 1 heteroatoms. The van der Waals surface area contributed by atoms with Crippen LogP contribution < -0.4 is 0 Å². The topological polar surface area (TPSA) is 0 Å². The van der Waals surface area contributed by atoms with Gasteiger partial charge in [0, 0.05) is 0 Å². The fourth-order valence-corrected chi connectivity index (χ4v) is 12.6. The Bertz CT molecular complexity index is 201. The first-order valence-corrected chi connectivity index (χ1v) is 11.0. The van der Waals surface area contributed by atoms with E-state index >= 15 is 0 Å². The zero-order valence-corrected chi connectivity index (χ0v) is 11.5. The summed E-state index contributed by atoms with van der Waals surface area (Å²) in [5, 5.41) is 0. The molecule has 0 saturated heterocycles. The molecule has 1 aliphatic rings. The van der Waals surface area contributed by atoms with Gasteiger partial charge in [0.2, 0.25) is 0 Å². The van der Waals surface area contributed by atoms with Crippen LogP contribution in [0.15, 0.2) is 24.3 Å². The summed E-state index contributed by atoms with van der Waals surface area (Å²) in [4.78, 5) is 4.35. The molecule has 0 aromatic rings. The van der Waals surface area contributed by atoms with E-state index in [0.29, 0.717) is 3.80 Å². The third-order valence-electron chi connectivity index (χ3n) is 2.94. The predicted octanol–water partition coefficient (Wildman–Crippen LogP) is 4.76. The van der Waals surface area contributed by atoms with Crippen molar-refractivity contribution < 1.29 is 16.1 Å². The molecule has 0 aliphatic heterocycles. The minimum absolute atomic E-state index is 0.477. The molecular formula is C12H22Pt. The maximum absolute atomic E-state index is 2.44. The molecule has 0 unspecified atom stereocenters. The molecule has 0 saturated carbocycles. The van der Waals surface area contributed by atoms with E-state index in [4.69, 9.17) is 0 Å². The second-order valence-corrected chi connectivity index (χ2v) is 16.4. The van der Waals surface area contributed by atoms with Crippen LogP contribution in [0.3, 0.4) is 0 Å². The molecule has 0 spiro atoms. The van der Waals surface area contributed by atoms with Gasteiger partial charge >= 0.3 is 86.3 Å². The molecule has 80 valence electrons. The summed E-state index contributed by atoms with van der Waals surface area (Å²) in [7, 11) is 0. The van der Waals surface area contributed by atoms with Gasteiger partial charge in [-0.2, -0.15) is 0 Å². The molecule has 0 nitrogen and oxygen atoms in total. The van der Waals surface area contributed by atoms with Crippen molar-refractivity contribution in [2.75, 3.05) is 0 Å². The van der Waals surface area contributed by atoms with E-state index in [9.17, 15) is 0 Å². The summed E-state index contributed by atoms with van der Waals surface area (Å²) in [6.07, 6.45) is 9.36. The van der Waals surface area contributed by atoms with E-state index in [1.54, 1.807) is 0 Å². The van der Waals surface area contributed by atoms with Crippen LogP contribution >= 0.6 is 0 Å². The van der Waals surface area contributed by atoms with E-state index < -0.39 is 16.1 Å². The van der Waals surface area contributed by atoms with Gasteiger partial charge in [0.05, 0.1) is 0 Å². The van der Waals surface area contributed by atoms with Crippen LogP contribution in [0.4, 0.5) is 0 Å². The average Bonchev–Trinajstić information content (AvgIpc) is 2.57. The molecule has 1 aliphatic carbocycles. The molecular weight excluding hydrogens is 339 g/mol. The Labute approximate surface area is 86.3 Å². The summed E-state index contributed by atoms with van der Waals surface area (Å²) in [6.45, 7) is 9.64. The Balaban J connectivity index is 2.99. The van der Waals surface area contributed by atoms with Crippen molar-refractivity contribution in [2.24, 2.45) is 0 Å². The summed E-state index contributed by atoms with van der Waals surface area (Å²) in [6, 6.07) is 0. The number of hydrogen-bond donors (Lipinski definition) is 0. The molecule has 1 rings (SSSR count). The second-order valence-electron chi connectivity index (χ2n) is 3.28. The first-order chi connectivity index (χ1) is 6.14. The van der Waals surface area contributed by atoms with E-state index in [1.165, 1.54) is 14.4 Å². The van der Waals surface area contributed by atoms with Crippen LogP contribution in [0.5, 0.6) is 0 Å². The number of rotatable bonds is 4. The maximum atomic E-state index is 2.44. The third kappa shape index (κ3) is 1.70. The van der Waals surface area contributed by atoms with Crippen molar-refractivity contribution in [1.29, 1.82) is 0 Å². The Morgan fingerprint density at radius 2 is 1.31 bits per heavy atom. The molecule has 0 amide bonds. The van der Waals surface area contributed by atoms with Gasteiger partial charge in [-0.25, -0.2) is 0 Å². The van der Waals surface area contributed by atoms with Gasteiger partial charge in [-0.15, -0.1) is 0 Å². The standard InChI is InChI=1S/C6H7.3C2H5.Pt/c1-6-4-2-3-5-6;3*1-2;/h2-5H,1H3;3*1H2,2H3;. The van der Waals surface area contributed by atoms with Gasteiger partial charge < -0.3 is 0 Å². The molecule has 0 fully saturated rings. The quantitative estimate of drug-likeness (QED) is 0.677. The Morgan fingerprint density at radius 1 is 0.923 bits per heavy atom. The summed E-state index contributed by atoms with van der Waals surface area (Å²) in [5.74, 6) is 0. The molecule has 0 aromatic carbocycles. The van der Waals surface area contributed by atoms with Crippen LogP contribution in [0.1, 0.15) is 27.7 Å². The number of allylic oxidation sites excluding steroid dienone is 4. The first kappa shape index (κ1) is 11.2. The average molecular weight is 361 g/mol. The Morgan fingerprint density at radius 3 is 1.62 bits per heavy atom. The molecule has 0 aromatic heterocycles. The molecule has 0 N–H and O–H groups in total. The molecule has 13 heavy (non-hydrogen) atoms. The van der Waals surface area contributed by atoms with Crippen molar-refractivity contribution in [2.45, 2.75) is 45.9 Å². The van der Waals surface area contributed by atoms with Crippen LogP contribution in [-0.4, -0.2) is 0 Å². The Hall–Kier alpha value is 0.168. The SMILES string of the molecule is C[CH2][Pt]([CH2]C)([CH2]C)[C]1(C)C=CC=C1. The van der Waals surface area contributed by atoms with Crippen molar-refractivity contribution in [1.82, 2.24) is 0 Å². The molecule has 0 heterocycles. The van der Waals surface area contributed by atoms with Crippen LogP contribution in [0.2, 0.25) is 18.2 Å². The van der Waals surface area contributed by atoms with Crippen LogP contribution in [-0.2, 0) is 16.1 Å². The van der Waals surface area contributed by atoms with E-state index in [0.717, 1.165) is 0 Å². The van der Waals surface area contributed by atoms with Gasteiger partial charge in [-0.3, -0.25) is 0 Å². The second kappa shape index (κ2) is 4.13. The van der Waals surface area contributed by atoms with Gasteiger partial charge in [0.1, 0.15) is 0 Å². The van der Waals surface area contributed by atoms with Crippen molar-refractivity contribution >= 4 is 0 Å². The first-order valence-electron chi connectivity index (χ1n) is 5.03. The zero-order chi connectivity index (χ0) is 9.95.